The molecule has 0 saturated carbocycles. The summed E-state index contributed by atoms with van der Waals surface area (Å²) in [6.07, 6.45) is 1.63. The van der Waals surface area contributed by atoms with Crippen LogP contribution in [0.4, 0.5) is 11.4 Å². The smallest absolute Gasteiger partial charge is 0.272 e. The van der Waals surface area contributed by atoms with Gasteiger partial charge in [-0.05, 0) is 61.0 Å². The summed E-state index contributed by atoms with van der Waals surface area (Å²) in [5.41, 5.74) is 3.41. The van der Waals surface area contributed by atoms with Crippen molar-refractivity contribution in [2.75, 3.05) is 16.1 Å². The van der Waals surface area contributed by atoms with Gasteiger partial charge >= 0.3 is 0 Å². The molecule has 0 radical (unpaired) electrons. The lowest BCUT2D eigenvalue weighted by Crippen LogP contribution is -2.31. The molecule has 220 valence electrons. The number of benzene rings is 4. The van der Waals surface area contributed by atoms with E-state index in [0.29, 0.717) is 16.9 Å². The summed E-state index contributed by atoms with van der Waals surface area (Å²) in [7, 11) is 0. The Kier molecular flexibility index (Phi) is 9.63. The zero-order valence-corrected chi connectivity index (χ0v) is 24.6. The van der Waals surface area contributed by atoms with Gasteiger partial charge in [-0.2, -0.15) is 10.1 Å². The quantitative estimate of drug-likeness (QED) is 0.176. The van der Waals surface area contributed by atoms with Crippen LogP contribution in [-0.4, -0.2) is 35.2 Å². The largest absolute Gasteiger partial charge is 0.321 e. The van der Waals surface area contributed by atoms with Gasteiger partial charge in [-0.25, -0.2) is 0 Å². The number of anilines is 2. The highest BCUT2D eigenvalue weighted by Gasteiger charge is 2.26. The molecular weight excluding hydrogens is 574 g/mol. The summed E-state index contributed by atoms with van der Waals surface area (Å²) in [5, 5.41) is 13.8. The van der Waals surface area contributed by atoms with E-state index in [0.717, 1.165) is 16.0 Å². The number of rotatable bonds is 9. The third kappa shape index (κ3) is 8.08. The summed E-state index contributed by atoms with van der Waals surface area (Å²) in [5.74, 6) is -1.08. The van der Waals surface area contributed by atoms with Gasteiger partial charge in [0.25, 0.3) is 17.7 Å². The predicted molar refractivity (Wildman–Crippen MR) is 173 cm³/mol. The van der Waals surface area contributed by atoms with Crippen LogP contribution >= 0.6 is 11.8 Å². The molecule has 44 heavy (non-hydrogen) atoms. The molecule has 0 bridgehead atoms. The second kappa shape index (κ2) is 14.1. The number of carbonyl (C=O) groups excluding carboxylic acids is 4. The van der Waals surface area contributed by atoms with Crippen LogP contribution in [0.15, 0.2) is 125 Å². The van der Waals surface area contributed by atoms with Gasteiger partial charge in [-0.3, -0.25) is 19.2 Å². The number of hydrogen-bond donors (Lipinski definition) is 3. The fourth-order valence-electron chi connectivity index (χ4n) is 4.35. The van der Waals surface area contributed by atoms with Gasteiger partial charge in [0.2, 0.25) is 5.91 Å². The van der Waals surface area contributed by atoms with E-state index >= 15 is 0 Å². The zero-order valence-electron chi connectivity index (χ0n) is 23.8. The Morgan fingerprint density at radius 3 is 2.34 bits per heavy atom. The van der Waals surface area contributed by atoms with Crippen molar-refractivity contribution < 1.29 is 19.2 Å². The second-order valence-electron chi connectivity index (χ2n) is 9.88. The van der Waals surface area contributed by atoms with E-state index in [4.69, 9.17) is 0 Å². The molecule has 10 heteroatoms. The molecule has 0 unspecified atom stereocenters. The summed E-state index contributed by atoms with van der Waals surface area (Å²) in [6, 6.07) is 32.3. The van der Waals surface area contributed by atoms with Crippen molar-refractivity contribution in [2.45, 2.75) is 18.2 Å². The lowest BCUT2D eigenvalue weighted by atomic mass is 10.1. The summed E-state index contributed by atoms with van der Waals surface area (Å²) < 4.78 is 0. The van der Waals surface area contributed by atoms with Gasteiger partial charge in [0.05, 0.1) is 17.9 Å². The van der Waals surface area contributed by atoms with Crippen LogP contribution in [0.5, 0.6) is 0 Å². The molecule has 0 atom stereocenters. The Balaban J connectivity index is 1.22. The lowest BCUT2D eigenvalue weighted by Gasteiger charge is -2.12. The highest BCUT2D eigenvalue weighted by Crippen LogP contribution is 2.23. The number of nitrogens with one attached hydrogen (secondary N) is 3. The van der Waals surface area contributed by atoms with Crippen molar-refractivity contribution >= 4 is 58.7 Å². The van der Waals surface area contributed by atoms with Crippen molar-refractivity contribution in [1.82, 2.24) is 10.6 Å². The normalized spacial score (nSPS) is 12.8. The molecule has 0 saturated heterocycles. The Bertz CT molecular complexity index is 1760. The molecule has 4 aromatic carbocycles. The number of carbonyl (C=O) groups is 4. The van der Waals surface area contributed by atoms with E-state index in [1.807, 2.05) is 61.5 Å². The van der Waals surface area contributed by atoms with Crippen LogP contribution < -0.4 is 21.0 Å². The molecule has 1 aliphatic heterocycles. The standard InChI is InChI=1S/C34H29N5O4S/c1-23-10-8-11-24(18-23)19-29(36-33(42)25-12-4-2-5-13-25)34(43)35-26-14-9-17-28(20-26)44-22-31(40)37-30-21-32(41)39(38-30)27-15-6-3-7-16-27/h2-20H,21-22H2,1H3,(H,35,43)(H,36,42)(H,37,38,40)/b29-19+. The molecule has 9 nitrogen and oxygen atoms in total. The van der Waals surface area contributed by atoms with E-state index in [1.54, 1.807) is 60.7 Å². The maximum atomic E-state index is 13.4. The van der Waals surface area contributed by atoms with Gasteiger partial charge in [-0.15, -0.1) is 11.8 Å². The van der Waals surface area contributed by atoms with Crippen molar-refractivity contribution in [1.29, 1.82) is 0 Å². The van der Waals surface area contributed by atoms with E-state index in [1.165, 1.54) is 16.8 Å². The third-order valence-electron chi connectivity index (χ3n) is 6.40. The predicted octanol–water partition coefficient (Wildman–Crippen LogP) is 5.36. The zero-order chi connectivity index (χ0) is 30.9. The summed E-state index contributed by atoms with van der Waals surface area (Å²) in [6.45, 7) is 1.95. The minimum atomic E-state index is -0.498. The fourth-order valence-corrected chi connectivity index (χ4v) is 5.10. The average Bonchev–Trinajstić information content (AvgIpc) is 3.40. The Morgan fingerprint density at radius 1 is 0.864 bits per heavy atom. The highest BCUT2D eigenvalue weighted by atomic mass is 32.2. The number of para-hydroxylation sites is 1. The van der Waals surface area contributed by atoms with E-state index in [9.17, 15) is 19.2 Å². The Labute approximate surface area is 259 Å². The Hall–Kier alpha value is -5.48. The number of aryl methyl sites for hydroxylation is 1. The molecule has 0 aliphatic carbocycles. The van der Waals surface area contributed by atoms with Gasteiger partial charge in [-0.1, -0.05) is 72.3 Å². The summed E-state index contributed by atoms with van der Waals surface area (Å²) in [4.78, 5) is 52.0. The van der Waals surface area contributed by atoms with Crippen LogP contribution in [0.1, 0.15) is 27.9 Å². The topological polar surface area (TPSA) is 120 Å². The molecular formula is C34H29N5O4S. The van der Waals surface area contributed by atoms with Crippen molar-refractivity contribution in [3.05, 3.63) is 132 Å². The van der Waals surface area contributed by atoms with Crippen LogP contribution in [0.2, 0.25) is 0 Å². The molecule has 4 amide bonds. The first kappa shape index (κ1) is 30.0. The molecule has 0 aromatic heterocycles. The van der Waals surface area contributed by atoms with E-state index < -0.39 is 11.8 Å². The fraction of sp³-hybridized carbons (Fsp3) is 0.0882. The molecule has 1 aliphatic rings. The van der Waals surface area contributed by atoms with Crippen molar-refractivity contribution in [3.8, 4) is 0 Å². The van der Waals surface area contributed by atoms with Crippen molar-refractivity contribution in [2.24, 2.45) is 5.10 Å². The maximum absolute atomic E-state index is 13.4. The molecule has 3 N–H and O–H groups in total. The van der Waals surface area contributed by atoms with Crippen LogP contribution in [0.25, 0.3) is 6.08 Å². The molecule has 1 heterocycles. The summed E-state index contributed by atoms with van der Waals surface area (Å²) >= 11 is 1.27. The average molecular weight is 604 g/mol. The number of amidine groups is 1. The number of thioether (sulfide) groups is 1. The van der Waals surface area contributed by atoms with Gasteiger partial charge in [0, 0.05) is 16.1 Å². The first-order valence-corrected chi connectivity index (χ1v) is 14.8. The Morgan fingerprint density at radius 2 is 1.59 bits per heavy atom. The first-order chi connectivity index (χ1) is 21.3. The van der Waals surface area contributed by atoms with Crippen LogP contribution in [0, 0.1) is 6.92 Å². The van der Waals surface area contributed by atoms with Crippen LogP contribution in [-0.2, 0) is 14.4 Å². The van der Waals surface area contributed by atoms with E-state index in [-0.39, 0.29) is 35.5 Å². The minimum Gasteiger partial charge on any atom is -0.321 e. The number of amides is 4. The SMILES string of the molecule is Cc1cccc(/C=C(/NC(=O)c2ccccc2)C(=O)Nc2cccc(SCC(=O)NC3=NN(c4ccccc4)C(=O)C3)c2)c1. The third-order valence-corrected chi connectivity index (χ3v) is 7.40. The molecule has 5 rings (SSSR count). The number of hydrazone groups is 1. The molecule has 0 spiro atoms. The number of nitrogens with zero attached hydrogens (tertiary/aromatic N) is 2. The van der Waals surface area contributed by atoms with Gasteiger partial charge in [0.15, 0.2) is 0 Å². The lowest BCUT2D eigenvalue weighted by molar-refractivity contribution is -0.117. The molecule has 0 fully saturated rings. The first-order valence-electron chi connectivity index (χ1n) is 13.8. The second-order valence-corrected chi connectivity index (χ2v) is 10.9. The highest BCUT2D eigenvalue weighted by molar-refractivity contribution is 8.00. The molecule has 4 aromatic rings. The van der Waals surface area contributed by atoms with Crippen molar-refractivity contribution in [3.63, 3.8) is 0 Å². The van der Waals surface area contributed by atoms with E-state index in [2.05, 4.69) is 21.1 Å². The maximum Gasteiger partial charge on any atom is 0.272 e. The monoisotopic (exact) mass is 603 g/mol. The van der Waals surface area contributed by atoms with Gasteiger partial charge in [0.1, 0.15) is 11.5 Å². The number of hydrogen-bond acceptors (Lipinski definition) is 6. The van der Waals surface area contributed by atoms with Crippen LogP contribution in [0.3, 0.4) is 0 Å². The van der Waals surface area contributed by atoms with Gasteiger partial charge < -0.3 is 16.0 Å². The minimum absolute atomic E-state index is 0.00598.